The Bertz CT molecular complexity index is 583. The van der Waals surface area contributed by atoms with Crippen LogP contribution < -0.4 is 5.32 Å². The number of rotatable bonds is 2. The molecule has 7 heteroatoms. The molecule has 0 saturated carbocycles. The topological polar surface area (TPSA) is 69.7 Å². The Hall–Kier alpha value is -1.40. The molecule has 0 spiro atoms. The Morgan fingerprint density at radius 2 is 2.32 bits per heavy atom. The lowest BCUT2D eigenvalue weighted by atomic mass is 9.94. The summed E-state index contributed by atoms with van der Waals surface area (Å²) in [6.07, 6.45) is 2.83. The summed E-state index contributed by atoms with van der Waals surface area (Å²) in [5, 5.41) is 11.4. The summed E-state index contributed by atoms with van der Waals surface area (Å²) in [4.78, 5) is 10.7. The minimum atomic E-state index is 0.236. The molecule has 2 atom stereocenters. The van der Waals surface area contributed by atoms with Gasteiger partial charge in [-0.1, -0.05) is 6.92 Å². The first kappa shape index (κ1) is 12.6. The van der Waals surface area contributed by atoms with Gasteiger partial charge in [0.1, 0.15) is 5.82 Å². The van der Waals surface area contributed by atoms with E-state index in [0.717, 1.165) is 30.7 Å². The highest BCUT2D eigenvalue weighted by Crippen LogP contribution is 2.24. The number of fused-ring (bicyclic) bond motifs is 1. The number of hydrogen-bond acceptors (Lipinski definition) is 5. The maximum absolute atomic E-state index is 5.94. The number of H-pyrrole nitrogens is 1. The summed E-state index contributed by atoms with van der Waals surface area (Å²) in [6.45, 7) is 4.43. The molecule has 3 rings (SSSR count). The Kier molecular flexibility index (Phi) is 3.28. The second-order valence-electron chi connectivity index (χ2n) is 5.25. The van der Waals surface area contributed by atoms with Crippen LogP contribution in [-0.4, -0.2) is 51.2 Å². The van der Waals surface area contributed by atoms with Crippen LogP contribution in [0.3, 0.4) is 0 Å². The van der Waals surface area contributed by atoms with Gasteiger partial charge in [-0.2, -0.15) is 15.1 Å². The number of aromatic amines is 1. The van der Waals surface area contributed by atoms with Crippen molar-refractivity contribution in [3.63, 3.8) is 0 Å². The van der Waals surface area contributed by atoms with Crippen LogP contribution in [0.2, 0.25) is 5.28 Å². The lowest BCUT2D eigenvalue weighted by Crippen LogP contribution is -2.43. The Balaban J connectivity index is 1.86. The maximum atomic E-state index is 5.94. The molecule has 1 aliphatic heterocycles. The zero-order valence-electron chi connectivity index (χ0n) is 11.0. The Morgan fingerprint density at radius 3 is 3.11 bits per heavy atom. The molecule has 6 nitrogen and oxygen atoms in total. The minimum Gasteiger partial charge on any atom is -0.366 e. The molecule has 0 aromatic carbocycles. The Labute approximate surface area is 116 Å². The zero-order valence-corrected chi connectivity index (χ0v) is 11.8. The lowest BCUT2D eigenvalue weighted by molar-refractivity contribution is 0.206. The van der Waals surface area contributed by atoms with Crippen LogP contribution in [0.1, 0.15) is 13.3 Å². The van der Waals surface area contributed by atoms with Gasteiger partial charge in [-0.3, -0.25) is 5.10 Å². The van der Waals surface area contributed by atoms with Crippen LogP contribution in [0, 0.1) is 5.92 Å². The monoisotopic (exact) mass is 280 g/mol. The summed E-state index contributed by atoms with van der Waals surface area (Å²) >= 11 is 5.94. The standard InChI is InChI=1S/C12H17ClN6/c1-7-6-19(2)4-3-9(7)15-10-8-5-14-18-11(8)17-12(13)16-10/h5,7,9H,3-4,6H2,1-2H3,(H2,14,15,16,17,18). The third-order valence-corrected chi connectivity index (χ3v) is 3.88. The van der Waals surface area contributed by atoms with Gasteiger partial charge in [-0.25, -0.2) is 0 Å². The summed E-state index contributed by atoms with van der Waals surface area (Å²) < 4.78 is 0. The first-order chi connectivity index (χ1) is 9.13. The van der Waals surface area contributed by atoms with Gasteiger partial charge >= 0.3 is 0 Å². The van der Waals surface area contributed by atoms with Crippen LogP contribution in [0.15, 0.2) is 6.20 Å². The number of likely N-dealkylation sites (tertiary alicyclic amines) is 1. The summed E-state index contributed by atoms with van der Waals surface area (Å²) in [5.74, 6) is 1.33. The highest BCUT2D eigenvalue weighted by molar-refractivity contribution is 6.28. The normalized spacial score (nSPS) is 24.8. The van der Waals surface area contributed by atoms with E-state index in [2.05, 4.69) is 44.4 Å². The number of nitrogens with zero attached hydrogens (tertiary/aromatic N) is 4. The third-order valence-electron chi connectivity index (χ3n) is 3.71. The average Bonchev–Trinajstić information content (AvgIpc) is 2.80. The molecule has 2 unspecified atom stereocenters. The fourth-order valence-electron chi connectivity index (χ4n) is 2.66. The van der Waals surface area contributed by atoms with E-state index in [9.17, 15) is 0 Å². The van der Waals surface area contributed by atoms with Crippen LogP contribution >= 0.6 is 11.6 Å². The number of hydrogen-bond donors (Lipinski definition) is 2. The molecule has 1 aliphatic rings. The first-order valence-electron chi connectivity index (χ1n) is 6.45. The zero-order chi connectivity index (χ0) is 13.4. The van der Waals surface area contributed by atoms with E-state index in [4.69, 9.17) is 11.6 Å². The molecule has 0 amide bonds. The highest BCUT2D eigenvalue weighted by atomic mass is 35.5. The van der Waals surface area contributed by atoms with Crippen molar-refractivity contribution in [2.45, 2.75) is 19.4 Å². The molecule has 0 aliphatic carbocycles. The lowest BCUT2D eigenvalue weighted by Gasteiger charge is -2.35. The van der Waals surface area contributed by atoms with Gasteiger partial charge in [0.2, 0.25) is 5.28 Å². The van der Waals surface area contributed by atoms with Gasteiger partial charge in [-0.15, -0.1) is 0 Å². The molecule has 1 saturated heterocycles. The molecule has 2 N–H and O–H groups in total. The van der Waals surface area contributed by atoms with Crippen molar-refractivity contribution in [1.29, 1.82) is 0 Å². The predicted octanol–water partition coefficient (Wildman–Crippen LogP) is 1.76. The van der Waals surface area contributed by atoms with Crippen LogP contribution in [-0.2, 0) is 0 Å². The first-order valence-corrected chi connectivity index (χ1v) is 6.83. The second kappa shape index (κ2) is 4.94. The van der Waals surface area contributed by atoms with E-state index in [0.29, 0.717) is 17.6 Å². The third kappa shape index (κ3) is 2.50. The van der Waals surface area contributed by atoms with E-state index in [1.807, 2.05) is 0 Å². The quantitative estimate of drug-likeness (QED) is 0.821. The van der Waals surface area contributed by atoms with E-state index >= 15 is 0 Å². The molecule has 1 fully saturated rings. The molecule has 19 heavy (non-hydrogen) atoms. The molecule has 3 heterocycles. The second-order valence-corrected chi connectivity index (χ2v) is 5.59. The molecule has 0 bridgehead atoms. The molecule has 2 aromatic rings. The fourth-order valence-corrected chi connectivity index (χ4v) is 2.83. The summed E-state index contributed by atoms with van der Waals surface area (Å²) in [7, 11) is 2.16. The minimum absolute atomic E-state index is 0.236. The van der Waals surface area contributed by atoms with Crippen molar-refractivity contribution in [3.8, 4) is 0 Å². The summed E-state index contributed by atoms with van der Waals surface area (Å²) in [6, 6.07) is 0.403. The molecule has 2 aromatic heterocycles. The SMILES string of the molecule is CC1CN(C)CCC1Nc1nc(Cl)nc2[nH]ncc12. The molecule has 0 radical (unpaired) electrons. The smallest absolute Gasteiger partial charge is 0.226 e. The van der Waals surface area contributed by atoms with Crippen LogP contribution in [0.4, 0.5) is 5.82 Å². The van der Waals surface area contributed by atoms with Gasteiger partial charge in [0.05, 0.1) is 11.6 Å². The van der Waals surface area contributed by atoms with Crippen molar-refractivity contribution in [2.24, 2.45) is 5.92 Å². The molecule has 102 valence electrons. The average molecular weight is 281 g/mol. The van der Waals surface area contributed by atoms with Crippen LogP contribution in [0.5, 0.6) is 0 Å². The number of piperidine rings is 1. The predicted molar refractivity (Wildman–Crippen MR) is 75.4 cm³/mol. The van der Waals surface area contributed by atoms with E-state index in [1.54, 1.807) is 6.20 Å². The number of anilines is 1. The number of aromatic nitrogens is 4. The van der Waals surface area contributed by atoms with E-state index in [1.165, 1.54) is 0 Å². The number of halogens is 1. The summed E-state index contributed by atoms with van der Waals surface area (Å²) in [5.41, 5.74) is 0.670. The fraction of sp³-hybridized carbons (Fsp3) is 0.583. The van der Waals surface area contributed by atoms with Crippen molar-refractivity contribution < 1.29 is 0 Å². The molecular weight excluding hydrogens is 264 g/mol. The Morgan fingerprint density at radius 1 is 1.47 bits per heavy atom. The highest BCUT2D eigenvalue weighted by Gasteiger charge is 2.25. The van der Waals surface area contributed by atoms with Gasteiger partial charge in [0.15, 0.2) is 5.65 Å². The van der Waals surface area contributed by atoms with Gasteiger partial charge in [0, 0.05) is 12.6 Å². The van der Waals surface area contributed by atoms with Crippen molar-refractivity contribution in [2.75, 3.05) is 25.5 Å². The van der Waals surface area contributed by atoms with Crippen molar-refractivity contribution >= 4 is 28.5 Å². The van der Waals surface area contributed by atoms with E-state index < -0.39 is 0 Å². The van der Waals surface area contributed by atoms with Gasteiger partial charge < -0.3 is 10.2 Å². The maximum Gasteiger partial charge on any atom is 0.226 e. The van der Waals surface area contributed by atoms with E-state index in [-0.39, 0.29) is 5.28 Å². The van der Waals surface area contributed by atoms with Crippen LogP contribution in [0.25, 0.3) is 11.0 Å². The van der Waals surface area contributed by atoms with Gasteiger partial charge in [0.25, 0.3) is 0 Å². The van der Waals surface area contributed by atoms with Crippen molar-refractivity contribution in [1.82, 2.24) is 25.1 Å². The largest absolute Gasteiger partial charge is 0.366 e. The van der Waals surface area contributed by atoms with Crippen molar-refractivity contribution in [3.05, 3.63) is 11.5 Å². The molecular formula is C12H17ClN6. The van der Waals surface area contributed by atoms with Gasteiger partial charge in [-0.05, 0) is 37.5 Å². The number of nitrogens with one attached hydrogen (secondary N) is 2.